The molecule has 2 aliphatic heterocycles. The zero-order valence-electron chi connectivity index (χ0n) is 10.7. The van der Waals surface area contributed by atoms with Gasteiger partial charge < -0.3 is 10.0 Å². The fraction of sp³-hybridized carbons (Fsp3) is 0.667. The minimum atomic E-state index is -0.972. The summed E-state index contributed by atoms with van der Waals surface area (Å²) in [5.41, 5.74) is 0.228. The molecule has 6 heteroatoms. The number of unbranched alkanes of at least 4 members (excludes halogenated alkanes) is 1. The van der Waals surface area contributed by atoms with Gasteiger partial charge >= 0.3 is 5.97 Å². The lowest BCUT2D eigenvalue weighted by molar-refractivity contribution is -0.145. The maximum atomic E-state index is 11.4. The molecule has 5 nitrogen and oxygen atoms in total. The van der Waals surface area contributed by atoms with E-state index in [1.165, 1.54) is 4.90 Å². The number of allylic oxidation sites excluding steroid dienone is 1. The van der Waals surface area contributed by atoms with E-state index < -0.39 is 5.97 Å². The van der Waals surface area contributed by atoms with Gasteiger partial charge in [0.25, 0.3) is 0 Å². The number of aliphatic carboxylic acids is 1. The molecule has 0 radical (unpaired) electrons. The second-order valence-electron chi connectivity index (χ2n) is 4.88. The monoisotopic (exact) mass is 270 g/mol. The van der Waals surface area contributed by atoms with Gasteiger partial charge in [-0.2, -0.15) is 0 Å². The summed E-state index contributed by atoms with van der Waals surface area (Å²) in [6.45, 7) is 1.01. The van der Waals surface area contributed by atoms with Crippen LogP contribution in [0.4, 0.5) is 0 Å². The first kappa shape index (κ1) is 13.4. The number of β-lactam (4-membered cyclic amide) rings is 1. The number of carboxylic acids is 1. The average Bonchev–Trinajstić information content (AvgIpc) is 2.57. The summed E-state index contributed by atoms with van der Waals surface area (Å²) >= 11 is 1.55. The van der Waals surface area contributed by atoms with E-state index in [0.717, 1.165) is 30.7 Å². The van der Waals surface area contributed by atoms with Crippen LogP contribution < -0.4 is 0 Å². The van der Waals surface area contributed by atoms with Crippen molar-refractivity contribution >= 4 is 23.6 Å². The van der Waals surface area contributed by atoms with Gasteiger partial charge in [-0.1, -0.05) is 0 Å². The van der Waals surface area contributed by atoms with Crippen LogP contribution in [0.3, 0.4) is 0 Å². The fourth-order valence-corrected chi connectivity index (χ4v) is 3.66. The summed E-state index contributed by atoms with van der Waals surface area (Å²) in [6, 6.07) is 0. The topological polar surface area (TPSA) is 60.9 Å². The predicted molar refractivity (Wildman–Crippen MR) is 69.9 cm³/mol. The van der Waals surface area contributed by atoms with Crippen molar-refractivity contribution in [2.45, 2.75) is 31.1 Å². The summed E-state index contributed by atoms with van der Waals surface area (Å²) in [4.78, 5) is 27.0. The molecule has 1 fully saturated rings. The molecule has 0 aromatic heterocycles. The van der Waals surface area contributed by atoms with Gasteiger partial charge in [-0.25, -0.2) is 4.79 Å². The van der Waals surface area contributed by atoms with E-state index in [2.05, 4.69) is 4.90 Å². The summed E-state index contributed by atoms with van der Waals surface area (Å²) < 4.78 is 0. The number of carbonyl (C=O) groups excluding carboxylic acids is 1. The predicted octanol–water partition coefficient (Wildman–Crippen LogP) is 1.32. The second-order valence-corrected chi connectivity index (χ2v) is 6.15. The van der Waals surface area contributed by atoms with Crippen LogP contribution >= 0.6 is 11.8 Å². The van der Waals surface area contributed by atoms with E-state index in [0.29, 0.717) is 6.42 Å². The third-order valence-electron chi connectivity index (χ3n) is 3.15. The molecule has 1 amide bonds. The Bertz CT molecular complexity index is 406. The first-order valence-corrected chi connectivity index (χ1v) is 6.98. The van der Waals surface area contributed by atoms with E-state index in [1.807, 2.05) is 14.1 Å². The molecule has 2 heterocycles. The maximum absolute atomic E-state index is 11.4. The quantitative estimate of drug-likeness (QED) is 0.582. The largest absolute Gasteiger partial charge is 0.477 e. The molecule has 0 spiro atoms. The number of amides is 1. The molecule has 1 saturated heterocycles. The molecular weight excluding hydrogens is 252 g/mol. The van der Waals surface area contributed by atoms with Crippen LogP contribution in [-0.4, -0.2) is 52.8 Å². The number of rotatable bonds is 6. The molecule has 100 valence electrons. The Labute approximate surface area is 111 Å². The van der Waals surface area contributed by atoms with Crippen molar-refractivity contribution in [1.82, 2.24) is 9.80 Å². The molecule has 0 bridgehead atoms. The van der Waals surface area contributed by atoms with Crippen LogP contribution in [0.1, 0.15) is 25.7 Å². The van der Waals surface area contributed by atoms with Crippen LogP contribution in [-0.2, 0) is 9.59 Å². The van der Waals surface area contributed by atoms with Gasteiger partial charge in [-0.3, -0.25) is 9.69 Å². The van der Waals surface area contributed by atoms with Crippen molar-refractivity contribution in [3.8, 4) is 0 Å². The molecule has 0 unspecified atom stereocenters. The first-order valence-electron chi connectivity index (χ1n) is 6.10. The van der Waals surface area contributed by atoms with Gasteiger partial charge in [0.05, 0.1) is 11.8 Å². The van der Waals surface area contributed by atoms with Crippen LogP contribution in [0.5, 0.6) is 0 Å². The molecule has 2 rings (SSSR count). The zero-order chi connectivity index (χ0) is 13.3. The van der Waals surface area contributed by atoms with Crippen molar-refractivity contribution in [1.29, 1.82) is 0 Å². The number of nitrogens with zero attached hydrogens (tertiary/aromatic N) is 2. The van der Waals surface area contributed by atoms with Crippen molar-refractivity contribution in [3.05, 3.63) is 10.6 Å². The first-order chi connectivity index (χ1) is 8.50. The van der Waals surface area contributed by atoms with Crippen LogP contribution in [0.2, 0.25) is 0 Å². The van der Waals surface area contributed by atoms with Crippen molar-refractivity contribution < 1.29 is 14.7 Å². The normalized spacial score (nSPS) is 22.5. The Morgan fingerprint density at radius 1 is 1.50 bits per heavy atom. The van der Waals surface area contributed by atoms with Gasteiger partial charge in [-0.05, 0) is 39.9 Å². The maximum Gasteiger partial charge on any atom is 0.353 e. The van der Waals surface area contributed by atoms with E-state index in [9.17, 15) is 14.7 Å². The van der Waals surface area contributed by atoms with E-state index in [1.54, 1.807) is 11.8 Å². The summed E-state index contributed by atoms with van der Waals surface area (Å²) in [6.07, 6.45) is 3.25. The van der Waals surface area contributed by atoms with Gasteiger partial charge in [-0.15, -0.1) is 11.8 Å². The van der Waals surface area contributed by atoms with Crippen molar-refractivity contribution in [2.24, 2.45) is 0 Å². The second kappa shape index (κ2) is 5.32. The lowest BCUT2D eigenvalue weighted by atomic mass is 10.1. The molecule has 1 atom stereocenters. The molecular formula is C12H18N2O3S. The number of carbonyl (C=O) groups is 2. The third-order valence-corrected chi connectivity index (χ3v) is 4.48. The van der Waals surface area contributed by atoms with E-state index >= 15 is 0 Å². The SMILES string of the molecule is CN(C)CCCCC1=C(C(=O)O)N2C(=O)C[C@H]2S1. The van der Waals surface area contributed by atoms with E-state index in [-0.39, 0.29) is 17.0 Å². The van der Waals surface area contributed by atoms with Gasteiger partial charge in [0.1, 0.15) is 5.70 Å². The molecule has 2 aliphatic rings. The minimum Gasteiger partial charge on any atom is -0.477 e. The summed E-state index contributed by atoms with van der Waals surface area (Å²) in [7, 11) is 4.05. The van der Waals surface area contributed by atoms with Gasteiger partial charge in [0, 0.05) is 4.91 Å². The molecule has 18 heavy (non-hydrogen) atoms. The number of thioether (sulfide) groups is 1. The number of fused-ring (bicyclic) bond motifs is 1. The number of carboxylic acid groups (broad SMARTS) is 1. The van der Waals surface area contributed by atoms with E-state index in [4.69, 9.17) is 0 Å². The lowest BCUT2D eigenvalue weighted by Gasteiger charge is -2.33. The average molecular weight is 270 g/mol. The van der Waals surface area contributed by atoms with Crippen LogP contribution in [0.25, 0.3) is 0 Å². The Morgan fingerprint density at radius 2 is 2.22 bits per heavy atom. The van der Waals surface area contributed by atoms with Crippen molar-refractivity contribution in [2.75, 3.05) is 20.6 Å². The molecule has 0 saturated carbocycles. The Kier molecular flexibility index (Phi) is 3.97. The number of hydrogen-bond acceptors (Lipinski definition) is 4. The highest BCUT2D eigenvalue weighted by Gasteiger charge is 2.47. The smallest absolute Gasteiger partial charge is 0.353 e. The Balaban J connectivity index is 1.94. The molecule has 0 aliphatic carbocycles. The fourth-order valence-electron chi connectivity index (χ4n) is 2.22. The standard InChI is InChI=1S/C12H18N2O3S/c1-13(2)6-4-3-5-8-11(12(16)17)14-9(15)7-10(14)18-8/h10H,3-7H2,1-2H3,(H,16,17)/t10-/m1/s1. The molecule has 1 N–H and O–H groups in total. The summed E-state index contributed by atoms with van der Waals surface area (Å²) in [5, 5.41) is 9.24. The third kappa shape index (κ3) is 2.54. The van der Waals surface area contributed by atoms with Gasteiger partial charge in [0.2, 0.25) is 5.91 Å². The van der Waals surface area contributed by atoms with Crippen LogP contribution in [0, 0.1) is 0 Å². The highest BCUT2D eigenvalue weighted by molar-refractivity contribution is 8.04. The Hall–Kier alpha value is -1.01. The van der Waals surface area contributed by atoms with Gasteiger partial charge in [0.15, 0.2) is 0 Å². The minimum absolute atomic E-state index is 0.0486. The Morgan fingerprint density at radius 3 is 2.78 bits per heavy atom. The lowest BCUT2D eigenvalue weighted by Crippen LogP contribution is -2.48. The molecule has 0 aromatic rings. The molecule has 0 aromatic carbocycles. The highest BCUT2D eigenvalue weighted by Crippen LogP contribution is 2.47. The van der Waals surface area contributed by atoms with Crippen molar-refractivity contribution in [3.63, 3.8) is 0 Å². The van der Waals surface area contributed by atoms with Crippen LogP contribution in [0.15, 0.2) is 10.6 Å². The highest BCUT2D eigenvalue weighted by atomic mass is 32.2. The zero-order valence-corrected chi connectivity index (χ0v) is 11.5. The summed E-state index contributed by atoms with van der Waals surface area (Å²) in [5.74, 6) is -1.03. The number of hydrogen-bond donors (Lipinski definition) is 1.